The first kappa shape index (κ1) is 16.3. The molecule has 22 heavy (non-hydrogen) atoms. The fraction of sp³-hybridized carbons (Fsp3) is 0.444. The summed E-state index contributed by atoms with van der Waals surface area (Å²) in [6.07, 6.45) is 0.987. The topological polar surface area (TPSA) is 49.8 Å². The van der Waals surface area contributed by atoms with Crippen LogP contribution >= 0.6 is 0 Å². The zero-order valence-corrected chi connectivity index (χ0v) is 14.4. The highest BCUT2D eigenvalue weighted by Crippen LogP contribution is 2.25. The Kier molecular flexibility index (Phi) is 4.69. The van der Waals surface area contributed by atoms with Crippen LogP contribution in [0.2, 0.25) is 0 Å². The average Bonchev–Trinajstić information content (AvgIpc) is 2.38. The van der Waals surface area contributed by atoms with Gasteiger partial charge in [0.2, 0.25) is 5.95 Å². The van der Waals surface area contributed by atoms with Gasteiger partial charge in [0.15, 0.2) is 0 Å². The summed E-state index contributed by atoms with van der Waals surface area (Å²) in [6, 6.07) is 8.33. The number of nitrogens with zero attached hydrogens (tertiary/aromatic N) is 2. The molecule has 2 N–H and O–H groups in total. The molecule has 2 rings (SSSR count). The summed E-state index contributed by atoms with van der Waals surface area (Å²) in [7, 11) is 0. The van der Waals surface area contributed by atoms with Gasteiger partial charge in [-0.3, -0.25) is 0 Å². The molecule has 1 aromatic heterocycles. The second-order valence-corrected chi connectivity index (χ2v) is 6.68. The number of nitrogens with one attached hydrogen (secondary N) is 2. The molecule has 118 valence electrons. The van der Waals surface area contributed by atoms with Gasteiger partial charge in [-0.2, -0.15) is 4.98 Å². The summed E-state index contributed by atoms with van der Waals surface area (Å²) in [6.45, 7) is 12.6. The second-order valence-electron chi connectivity index (χ2n) is 6.68. The van der Waals surface area contributed by atoms with Gasteiger partial charge < -0.3 is 10.6 Å². The van der Waals surface area contributed by atoms with E-state index in [0.29, 0.717) is 5.95 Å². The van der Waals surface area contributed by atoms with Crippen LogP contribution in [0.4, 0.5) is 17.5 Å². The molecule has 0 aliphatic carbocycles. The van der Waals surface area contributed by atoms with Gasteiger partial charge in [-0.25, -0.2) is 4.98 Å². The highest BCUT2D eigenvalue weighted by Gasteiger charge is 2.13. The molecule has 4 nitrogen and oxygen atoms in total. The Hall–Kier alpha value is -2.10. The van der Waals surface area contributed by atoms with Crippen LogP contribution in [-0.2, 0) is 6.42 Å². The summed E-state index contributed by atoms with van der Waals surface area (Å²) in [4.78, 5) is 9.06. The number of hydrogen-bond donors (Lipinski definition) is 2. The smallest absolute Gasteiger partial charge is 0.225 e. The quantitative estimate of drug-likeness (QED) is 0.865. The van der Waals surface area contributed by atoms with Gasteiger partial charge >= 0.3 is 0 Å². The number of aryl methyl sites for hydroxylation is 3. The van der Waals surface area contributed by atoms with Gasteiger partial charge in [-0.15, -0.1) is 0 Å². The van der Waals surface area contributed by atoms with Gasteiger partial charge in [0.25, 0.3) is 0 Å². The Morgan fingerprint density at radius 3 is 2.45 bits per heavy atom. The van der Waals surface area contributed by atoms with Crippen LogP contribution < -0.4 is 10.6 Å². The zero-order valence-electron chi connectivity index (χ0n) is 14.4. The molecule has 0 saturated heterocycles. The summed E-state index contributed by atoms with van der Waals surface area (Å²) in [5.74, 6) is 1.48. The maximum absolute atomic E-state index is 4.60. The Balaban J connectivity index is 2.34. The van der Waals surface area contributed by atoms with Gasteiger partial charge in [-0.1, -0.05) is 25.1 Å². The van der Waals surface area contributed by atoms with E-state index in [1.807, 2.05) is 13.0 Å². The minimum Gasteiger partial charge on any atom is -0.350 e. The standard InChI is InChI=1S/C18H26N4/c1-7-14-10-8-9-12(2)16(14)20-15-11-13(3)19-17(21-15)22-18(4,5)6/h8-11H,7H2,1-6H3,(H2,19,20,21,22). The molecule has 0 atom stereocenters. The summed E-state index contributed by atoms with van der Waals surface area (Å²) >= 11 is 0. The van der Waals surface area contributed by atoms with E-state index in [1.165, 1.54) is 11.1 Å². The summed E-state index contributed by atoms with van der Waals surface area (Å²) in [5, 5.41) is 6.80. The van der Waals surface area contributed by atoms with Crippen molar-refractivity contribution in [3.8, 4) is 0 Å². The second kappa shape index (κ2) is 6.34. The highest BCUT2D eigenvalue weighted by molar-refractivity contribution is 5.65. The number of hydrogen-bond acceptors (Lipinski definition) is 4. The van der Waals surface area contributed by atoms with Crippen molar-refractivity contribution in [3.63, 3.8) is 0 Å². The Labute approximate surface area is 133 Å². The fourth-order valence-electron chi connectivity index (χ4n) is 2.35. The molecule has 0 amide bonds. The van der Waals surface area contributed by atoms with Gasteiger partial charge in [0.1, 0.15) is 5.82 Å². The van der Waals surface area contributed by atoms with E-state index in [4.69, 9.17) is 0 Å². The van der Waals surface area contributed by atoms with Crippen LogP contribution in [0.5, 0.6) is 0 Å². The van der Waals surface area contributed by atoms with Crippen molar-refractivity contribution >= 4 is 17.5 Å². The normalized spacial score (nSPS) is 11.4. The Bertz CT molecular complexity index is 657. The van der Waals surface area contributed by atoms with Crippen LogP contribution in [0, 0.1) is 13.8 Å². The highest BCUT2D eigenvalue weighted by atomic mass is 15.2. The van der Waals surface area contributed by atoms with Crippen molar-refractivity contribution < 1.29 is 0 Å². The van der Waals surface area contributed by atoms with E-state index in [0.717, 1.165) is 23.6 Å². The van der Waals surface area contributed by atoms with Crippen LogP contribution in [0.15, 0.2) is 24.3 Å². The maximum atomic E-state index is 4.60. The van der Waals surface area contributed by atoms with Crippen molar-refractivity contribution in [2.75, 3.05) is 10.6 Å². The number of benzene rings is 1. The summed E-state index contributed by atoms with van der Waals surface area (Å²) in [5.41, 5.74) is 4.53. The molecule has 0 spiro atoms. The van der Waals surface area contributed by atoms with E-state index in [1.54, 1.807) is 0 Å². The van der Waals surface area contributed by atoms with Gasteiger partial charge in [-0.05, 0) is 52.2 Å². The Morgan fingerprint density at radius 2 is 1.82 bits per heavy atom. The van der Waals surface area contributed by atoms with E-state index >= 15 is 0 Å². The molecule has 0 aliphatic rings. The first-order valence-corrected chi connectivity index (χ1v) is 7.78. The number of para-hydroxylation sites is 1. The lowest BCUT2D eigenvalue weighted by molar-refractivity contribution is 0.625. The SMILES string of the molecule is CCc1cccc(C)c1Nc1cc(C)nc(NC(C)(C)C)n1. The van der Waals surface area contributed by atoms with Crippen LogP contribution in [0.25, 0.3) is 0 Å². The predicted octanol–water partition coefficient (Wildman–Crippen LogP) is 4.61. The lowest BCUT2D eigenvalue weighted by Gasteiger charge is -2.21. The van der Waals surface area contributed by atoms with Crippen molar-refractivity contribution in [1.82, 2.24) is 9.97 Å². The van der Waals surface area contributed by atoms with E-state index in [2.05, 4.69) is 73.4 Å². The van der Waals surface area contributed by atoms with Crippen LogP contribution in [0.3, 0.4) is 0 Å². The molecular formula is C18H26N4. The molecule has 2 aromatic rings. The molecule has 0 radical (unpaired) electrons. The number of rotatable bonds is 4. The lowest BCUT2D eigenvalue weighted by Crippen LogP contribution is -2.27. The minimum atomic E-state index is -0.0672. The Morgan fingerprint density at radius 1 is 1.09 bits per heavy atom. The first-order valence-electron chi connectivity index (χ1n) is 7.78. The van der Waals surface area contributed by atoms with Crippen LogP contribution in [-0.4, -0.2) is 15.5 Å². The van der Waals surface area contributed by atoms with Gasteiger partial charge in [0.05, 0.1) is 0 Å². The number of aromatic nitrogens is 2. The molecule has 0 aliphatic heterocycles. The molecule has 4 heteroatoms. The van der Waals surface area contributed by atoms with Crippen LogP contribution in [0.1, 0.15) is 44.5 Å². The van der Waals surface area contributed by atoms with Crippen molar-refractivity contribution in [3.05, 3.63) is 41.1 Å². The number of anilines is 3. The third-order valence-corrected chi connectivity index (χ3v) is 3.33. The van der Waals surface area contributed by atoms with E-state index in [9.17, 15) is 0 Å². The third kappa shape index (κ3) is 4.20. The van der Waals surface area contributed by atoms with Gasteiger partial charge in [0, 0.05) is 23.0 Å². The van der Waals surface area contributed by atoms with Crippen molar-refractivity contribution in [2.45, 2.75) is 53.5 Å². The van der Waals surface area contributed by atoms with Crippen molar-refractivity contribution in [1.29, 1.82) is 0 Å². The fourth-order valence-corrected chi connectivity index (χ4v) is 2.35. The first-order chi connectivity index (χ1) is 10.3. The minimum absolute atomic E-state index is 0.0672. The monoisotopic (exact) mass is 298 g/mol. The third-order valence-electron chi connectivity index (χ3n) is 3.33. The molecule has 1 aromatic carbocycles. The molecule has 0 fully saturated rings. The predicted molar refractivity (Wildman–Crippen MR) is 94.0 cm³/mol. The molecule has 0 saturated carbocycles. The molecule has 1 heterocycles. The maximum Gasteiger partial charge on any atom is 0.225 e. The zero-order chi connectivity index (χ0) is 16.3. The molecule has 0 unspecified atom stereocenters. The lowest BCUT2D eigenvalue weighted by atomic mass is 10.1. The van der Waals surface area contributed by atoms with E-state index < -0.39 is 0 Å². The van der Waals surface area contributed by atoms with E-state index in [-0.39, 0.29) is 5.54 Å². The summed E-state index contributed by atoms with van der Waals surface area (Å²) < 4.78 is 0. The molecular weight excluding hydrogens is 272 g/mol. The van der Waals surface area contributed by atoms with Crippen molar-refractivity contribution in [2.24, 2.45) is 0 Å². The molecule has 0 bridgehead atoms. The average molecular weight is 298 g/mol. The largest absolute Gasteiger partial charge is 0.350 e.